The smallest absolute Gasteiger partial charge is 0.195 e. The highest BCUT2D eigenvalue weighted by molar-refractivity contribution is 5.93. The molecule has 0 aliphatic rings. The Morgan fingerprint density at radius 1 is 0.973 bits per heavy atom. The van der Waals surface area contributed by atoms with Gasteiger partial charge in [0, 0.05) is 37.5 Å². The molecule has 3 rings (SSSR count). The number of rotatable bonds is 13. The van der Waals surface area contributed by atoms with E-state index in [1.165, 1.54) is 18.7 Å². The van der Waals surface area contributed by atoms with Crippen molar-refractivity contribution in [2.45, 2.75) is 40.0 Å². The van der Waals surface area contributed by atoms with Gasteiger partial charge < -0.3 is 23.4 Å². The van der Waals surface area contributed by atoms with Crippen molar-refractivity contribution in [2.24, 2.45) is 5.18 Å². The Morgan fingerprint density at radius 3 is 2.32 bits per heavy atom. The van der Waals surface area contributed by atoms with Gasteiger partial charge in [0.05, 0.1) is 5.39 Å². The zero-order valence-corrected chi connectivity index (χ0v) is 22.0. The first-order chi connectivity index (χ1) is 17.9. The third-order valence-electron chi connectivity index (χ3n) is 5.71. The van der Waals surface area contributed by atoms with Crippen molar-refractivity contribution in [1.29, 1.82) is 0 Å². The molecule has 8 nitrogen and oxygen atoms in total. The number of nitrogens with zero attached hydrogens (tertiary/aromatic N) is 1. The van der Waals surface area contributed by atoms with Crippen LogP contribution in [0.3, 0.4) is 0 Å². The third kappa shape index (κ3) is 7.38. The summed E-state index contributed by atoms with van der Waals surface area (Å²) in [5.41, 5.74) is 3.47. The Hall–Kier alpha value is -3.75. The van der Waals surface area contributed by atoms with Crippen LogP contribution in [-0.4, -0.2) is 27.8 Å². The first-order valence-electron chi connectivity index (χ1n) is 12.0. The summed E-state index contributed by atoms with van der Waals surface area (Å²) in [6, 6.07) is 10.0. The van der Waals surface area contributed by atoms with E-state index >= 15 is 0 Å². The van der Waals surface area contributed by atoms with Gasteiger partial charge in [-0.15, -0.1) is 4.91 Å². The van der Waals surface area contributed by atoms with Crippen LogP contribution in [0.2, 0.25) is 0 Å². The maximum Gasteiger partial charge on any atom is 0.195 e. The highest BCUT2D eigenvalue weighted by atomic mass is 16.7. The standard InChI is InChI=1S/C29H33NO7/c1-19(2)7-6-8-20(3)9-14-23-26(36-18-34-5)16-27-28(29(23)30-32)24(31)15-25(37-27)21-10-12-22(13-11-21)35-17-33-4/h7,9-13,15-16H,6,8,14,17-18H2,1-5H3/b20-9+. The van der Waals surface area contributed by atoms with Crippen molar-refractivity contribution >= 4 is 16.7 Å². The van der Waals surface area contributed by atoms with Gasteiger partial charge in [-0.2, -0.15) is 0 Å². The van der Waals surface area contributed by atoms with E-state index in [0.717, 1.165) is 18.4 Å². The van der Waals surface area contributed by atoms with E-state index in [1.807, 2.05) is 13.0 Å². The molecule has 37 heavy (non-hydrogen) atoms. The minimum absolute atomic E-state index is 0.0144. The Kier molecular flexibility index (Phi) is 10.2. The van der Waals surface area contributed by atoms with Gasteiger partial charge in [-0.05, 0) is 69.5 Å². The minimum Gasteiger partial charge on any atom is -0.468 e. The number of hydrogen-bond acceptors (Lipinski definition) is 8. The molecule has 0 saturated carbocycles. The molecule has 0 bridgehead atoms. The Bertz CT molecular complexity index is 1330. The van der Waals surface area contributed by atoms with Crippen molar-refractivity contribution < 1.29 is 23.4 Å². The fraction of sp³-hybridized carbons (Fsp3) is 0.345. The highest BCUT2D eigenvalue weighted by Crippen LogP contribution is 2.38. The molecule has 0 N–H and O–H groups in total. The second-order valence-corrected chi connectivity index (χ2v) is 8.84. The quantitative estimate of drug-likeness (QED) is 0.139. The second-order valence-electron chi connectivity index (χ2n) is 8.84. The molecule has 8 heteroatoms. The van der Waals surface area contributed by atoms with Gasteiger partial charge >= 0.3 is 0 Å². The molecule has 0 amide bonds. The number of allylic oxidation sites excluding steroid dienone is 4. The summed E-state index contributed by atoms with van der Waals surface area (Å²) in [6.45, 7) is 6.27. The van der Waals surface area contributed by atoms with Crippen LogP contribution in [0, 0.1) is 4.91 Å². The van der Waals surface area contributed by atoms with Gasteiger partial charge in [0.2, 0.25) is 0 Å². The van der Waals surface area contributed by atoms with E-state index in [1.54, 1.807) is 37.4 Å². The lowest BCUT2D eigenvalue weighted by Gasteiger charge is -2.14. The monoisotopic (exact) mass is 507 g/mol. The minimum atomic E-state index is -0.366. The van der Waals surface area contributed by atoms with Gasteiger partial charge in [-0.3, -0.25) is 4.79 Å². The van der Waals surface area contributed by atoms with Crippen molar-refractivity contribution in [3.05, 3.63) is 80.4 Å². The van der Waals surface area contributed by atoms with Crippen LogP contribution in [0.15, 0.2) is 74.1 Å². The maximum absolute atomic E-state index is 13.2. The van der Waals surface area contributed by atoms with Crippen LogP contribution < -0.4 is 14.9 Å². The predicted molar refractivity (Wildman–Crippen MR) is 145 cm³/mol. The maximum atomic E-state index is 13.2. The summed E-state index contributed by atoms with van der Waals surface area (Å²) >= 11 is 0. The van der Waals surface area contributed by atoms with Gasteiger partial charge in [-0.25, -0.2) is 0 Å². The SMILES string of the molecule is COCOc1ccc(-c2cc(=O)c3c(N=O)c(C/C=C(\C)CCC=C(C)C)c(OCOC)cc3o2)cc1. The Labute approximate surface area is 216 Å². The number of benzene rings is 2. The molecule has 0 aliphatic carbocycles. The van der Waals surface area contributed by atoms with Gasteiger partial charge in [0.15, 0.2) is 19.0 Å². The molecule has 1 heterocycles. The van der Waals surface area contributed by atoms with Crippen molar-refractivity contribution in [2.75, 3.05) is 27.8 Å². The number of fused-ring (bicyclic) bond motifs is 1. The number of methoxy groups -OCH3 is 2. The van der Waals surface area contributed by atoms with Crippen molar-refractivity contribution in [3.63, 3.8) is 0 Å². The molecule has 0 atom stereocenters. The summed E-state index contributed by atoms with van der Waals surface area (Å²) in [5, 5.41) is 3.36. The molecule has 0 spiro atoms. The van der Waals surface area contributed by atoms with E-state index in [-0.39, 0.29) is 35.7 Å². The lowest BCUT2D eigenvalue weighted by Crippen LogP contribution is -2.06. The molecular weight excluding hydrogens is 474 g/mol. The summed E-state index contributed by atoms with van der Waals surface area (Å²) < 4.78 is 27.2. The van der Waals surface area contributed by atoms with E-state index in [4.69, 9.17) is 23.4 Å². The summed E-state index contributed by atoms with van der Waals surface area (Å²) in [6.07, 6.45) is 6.40. The summed E-state index contributed by atoms with van der Waals surface area (Å²) in [7, 11) is 3.05. The molecule has 3 aromatic rings. The Balaban J connectivity index is 2.04. The topological polar surface area (TPSA) is 96.6 Å². The van der Waals surface area contributed by atoms with Crippen LogP contribution in [0.25, 0.3) is 22.3 Å². The van der Waals surface area contributed by atoms with Gasteiger partial charge in [0.1, 0.15) is 28.5 Å². The third-order valence-corrected chi connectivity index (χ3v) is 5.71. The average molecular weight is 508 g/mol. The van der Waals surface area contributed by atoms with Crippen molar-refractivity contribution in [3.8, 4) is 22.8 Å². The van der Waals surface area contributed by atoms with E-state index in [9.17, 15) is 9.70 Å². The molecule has 0 saturated heterocycles. The first kappa shape index (κ1) is 27.8. The van der Waals surface area contributed by atoms with Crippen LogP contribution in [0.5, 0.6) is 11.5 Å². The molecule has 0 radical (unpaired) electrons. The molecule has 196 valence electrons. The van der Waals surface area contributed by atoms with Crippen LogP contribution in [0.1, 0.15) is 39.2 Å². The molecule has 0 fully saturated rings. The van der Waals surface area contributed by atoms with Crippen LogP contribution >= 0.6 is 0 Å². The largest absolute Gasteiger partial charge is 0.468 e. The number of ether oxygens (including phenoxy) is 4. The number of nitroso groups, excluding NO2 is 1. The van der Waals surface area contributed by atoms with E-state index in [0.29, 0.717) is 34.8 Å². The van der Waals surface area contributed by atoms with Crippen molar-refractivity contribution in [1.82, 2.24) is 0 Å². The molecular formula is C29H33NO7. The lowest BCUT2D eigenvalue weighted by atomic mass is 10.0. The normalized spacial score (nSPS) is 11.4. The lowest BCUT2D eigenvalue weighted by molar-refractivity contribution is 0.0506. The Morgan fingerprint density at radius 2 is 1.68 bits per heavy atom. The van der Waals surface area contributed by atoms with E-state index < -0.39 is 0 Å². The zero-order valence-electron chi connectivity index (χ0n) is 22.0. The average Bonchev–Trinajstić information content (AvgIpc) is 2.88. The first-order valence-corrected chi connectivity index (χ1v) is 12.0. The van der Waals surface area contributed by atoms with Gasteiger partial charge in [-0.1, -0.05) is 23.3 Å². The zero-order chi connectivity index (χ0) is 26.8. The van der Waals surface area contributed by atoms with Crippen LogP contribution in [-0.2, 0) is 15.9 Å². The van der Waals surface area contributed by atoms with Crippen LogP contribution in [0.4, 0.5) is 5.69 Å². The second kappa shape index (κ2) is 13.5. The number of hydrogen-bond donors (Lipinski definition) is 0. The molecule has 0 unspecified atom stereocenters. The predicted octanol–water partition coefficient (Wildman–Crippen LogP) is 7.06. The molecule has 0 aliphatic heterocycles. The highest BCUT2D eigenvalue weighted by Gasteiger charge is 2.20. The van der Waals surface area contributed by atoms with Gasteiger partial charge in [0.25, 0.3) is 0 Å². The fourth-order valence-electron chi connectivity index (χ4n) is 3.82. The molecule has 1 aromatic heterocycles. The fourth-order valence-corrected chi connectivity index (χ4v) is 3.82. The summed E-state index contributed by atoms with van der Waals surface area (Å²) in [4.78, 5) is 25.2. The van der Waals surface area contributed by atoms with E-state index in [2.05, 4.69) is 25.1 Å². The molecule has 2 aromatic carbocycles. The summed E-state index contributed by atoms with van der Waals surface area (Å²) in [5.74, 6) is 1.33.